The summed E-state index contributed by atoms with van der Waals surface area (Å²) in [5.41, 5.74) is 0.973. The molecule has 0 bridgehead atoms. The van der Waals surface area contributed by atoms with Crippen molar-refractivity contribution < 1.29 is 0 Å². The molecule has 2 heterocycles. The maximum absolute atomic E-state index is 4.21. The molecule has 0 aliphatic rings. The number of aromatic nitrogens is 2. The third kappa shape index (κ3) is 1.54. The minimum absolute atomic E-state index is 0.892. The Morgan fingerprint density at radius 2 is 2.17 bits per heavy atom. The minimum atomic E-state index is 0.892. The van der Waals surface area contributed by atoms with Crippen LogP contribution in [0.3, 0.4) is 0 Å². The lowest BCUT2D eigenvalue weighted by Crippen LogP contribution is -1.75. The number of rotatable bonds is 1. The number of hydrogen-bond donors (Lipinski definition) is 0. The van der Waals surface area contributed by atoms with E-state index in [0.717, 1.165) is 14.5 Å². The van der Waals surface area contributed by atoms with Gasteiger partial charge in [-0.25, -0.2) is 4.98 Å². The molecule has 0 unspecified atom stereocenters. The van der Waals surface area contributed by atoms with Crippen LogP contribution in [0, 0.1) is 0 Å². The van der Waals surface area contributed by atoms with Gasteiger partial charge in [0, 0.05) is 12.4 Å². The van der Waals surface area contributed by atoms with Crippen LogP contribution in [0.2, 0.25) is 0 Å². The predicted molar refractivity (Wildman–Crippen MR) is 53.0 cm³/mol. The van der Waals surface area contributed by atoms with E-state index in [0.29, 0.717) is 0 Å². The van der Waals surface area contributed by atoms with E-state index < -0.39 is 0 Å². The third-order valence-corrected chi connectivity index (χ3v) is 2.89. The van der Waals surface area contributed by atoms with Gasteiger partial charge < -0.3 is 0 Å². The first kappa shape index (κ1) is 7.89. The van der Waals surface area contributed by atoms with Crippen molar-refractivity contribution in [1.82, 2.24) is 9.97 Å². The summed E-state index contributed by atoms with van der Waals surface area (Å²) in [5.74, 6) is 0. The van der Waals surface area contributed by atoms with Crippen molar-refractivity contribution in [2.75, 3.05) is 0 Å². The second kappa shape index (κ2) is 3.33. The van der Waals surface area contributed by atoms with Gasteiger partial charge in [0.25, 0.3) is 0 Å². The molecule has 0 fully saturated rings. The molecule has 0 spiro atoms. The highest BCUT2D eigenvalue weighted by Crippen LogP contribution is 2.26. The fourth-order valence-electron chi connectivity index (χ4n) is 0.880. The highest BCUT2D eigenvalue weighted by atomic mass is 79.9. The van der Waals surface area contributed by atoms with E-state index >= 15 is 0 Å². The number of thiazole rings is 1. The summed E-state index contributed by atoms with van der Waals surface area (Å²) in [6.07, 6.45) is 3.60. The average Bonchev–Trinajstić information content (AvgIpc) is 2.54. The Labute approximate surface area is 82.4 Å². The van der Waals surface area contributed by atoms with Crippen LogP contribution in [0.1, 0.15) is 0 Å². The van der Waals surface area contributed by atoms with Crippen LogP contribution in [0.4, 0.5) is 0 Å². The first-order chi connectivity index (χ1) is 5.86. The lowest BCUT2D eigenvalue weighted by atomic mass is 10.3. The van der Waals surface area contributed by atoms with Crippen LogP contribution < -0.4 is 0 Å². The molecule has 0 radical (unpaired) electrons. The van der Waals surface area contributed by atoms with E-state index in [2.05, 4.69) is 25.9 Å². The fourth-order valence-corrected chi connectivity index (χ4v) is 2.12. The zero-order chi connectivity index (χ0) is 8.39. The first-order valence-corrected chi connectivity index (χ1v) is 5.00. The van der Waals surface area contributed by atoms with Crippen molar-refractivity contribution in [3.05, 3.63) is 34.5 Å². The topological polar surface area (TPSA) is 25.8 Å². The van der Waals surface area contributed by atoms with E-state index in [1.807, 2.05) is 24.4 Å². The Bertz CT molecular complexity index is 372. The maximum Gasteiger partial charge on any atom is 0.159 e. The van der Waals surface area contributed by atoms with E-state index in [1.165, 1.54) is 0 Å². The molecule has 2 nitrogen and oxygen atoms in total. The molecule has 2 aromatic heterocycles. The van der Waals surface area contributed by atoms with Gasteiger partial charge in [-0.15, -0.1) is 11.3 Å². The maximum atomic E-state index is 4.21. The van der Waals surface area contributed by atoms with Crippen LogP contribution >= 0.6 is 27.3 Å². The van der Waals surface area contributed by atoms with E-state index in [-0.39, 0.29) is 0 Å². The number of pyridine rings is 1. The lowest BCUT2D eigenvalue weighted by molar-refractivity contribution is 1.32. The van der Waals surface area contributed by atoms with Crippen molar-refractivity contribution in [2.24, 2.45) is 0 Å². The molecule has 0 aliphatic carbocycles. The molecule has 0 atom stereocenters. The Balaban J connectivity index is 2.45. The Morgan fingerprint density at radius 3 is 2.75 bits per heavy atom. The quantitative estimate of drug-likeness (QED) is 0.767. The number of hydrogen-bond acceptors (Lipinski definition) is 3. The summed E-state index contributed by atoms with van der Waals surface area (Å²) in [4.78, 5) is 9.39. The molecular weight excluding hydrogens is 236 g/mol. The van der Waals surface area contributed by atoms with Crippen LogP contribution in [0.5, 0.6) is 0 Å². The normalized spacial score (nSPS) is 10.1. The first-order valence-electron chi connectivity index (χ1n) is 3.39. The molecule has 0 saturated heterocycles. The largest absolute Gasteiger partial charge is 0.255 e. The van der Waals surface area contributed by atoms with Gasteiger partial charge in [0.2, 0.25) is 0 Å². The molecule has 0 amide bonds. The predicted octanol–water partition coefficient (Wildman–Crippen LogP) is 2.97. The summed E-state index contributed by atoms with van der Waals surface area (Å²) in [6, 6.07) is 5.84. The molecule has 0 aliphatic heterocycles. The minimum Gasteiger partial charge on any atom is -0.255 e. The molecule has 12 heavy (non-hydrogen) atoms. The van der Waals surface area contributed by atoms with Gasteiger partial charge in [-0.2, -0.15) is 0 Å². The zero-order valence-electron chi connectivity index (χ0n) is 6.07. The van der Waals surface area contributed by atoms with Crippen molar-refractivity contribution in [3.8, 4) is 10.6 Å². The second-order valence-corrected chi connectivity index (χ2v) is 4.50. The van der Waals surface area contributed by atoms with E-state index in [1.54, 1.807) is 17.5 Å². The third-order valence-electron chi connectivity index (χ3n) is 1.39. The van der Waals surface area contributed by atoms with E-state index in [9.17, 15) is 0 Å². The average molecular weight is 241 g/mol. The lowest BCUT2D eigenvalue weighted by Gasteiger charge is -1.91. The van der Waals surface area contributed by atoms with Crippen LogP contribution in [0.25, 0.3) is 10.6 Å². The molecule has 0 saturated carbocycles. The van der Waals surface area contributed by atoms with Crippen molar-refractivity contribution in [1.29, 1.82) is 0 Å². The Morgan fingerprint density at radius 1 is 1.25 bits per heavy atom. The van der Waals surface area contributed by atoms with Crippen LogP contribution in [-0.2, 0) is 0 Å². The highest BCUT2D eigenvalue weighted by Gasteiger charge is 2.01. The monoisotopic (exact) mass is 240 g/mol. The van der Waals surface area contributed by atoms with Crippen molar-refractivity contribution in [3.63, 3.8) is 0 Å². The van der Waals surface area contributed by atoms with Gasteiger partial charge in [-0.05, 0) is 28.1 Å². The fraction of sp³-hybridized carbons (Fsp3) is 0. The van der Waals surface area contributed by atoms with Gasteiger partial charge >= 0.3 is 0 Å². The smallest absolute Gasteiger partial charge is 0.159 e. The van der Waals surface area contributed by atoms with Gasteiger partial charge in [-0.3, -0.25) is 4.98 Å². The Kier molecular flexibility index (Phi) is 2.19. The molecule has 2 aromatic rings. The summed E-state index contributed by atoms with van der Waals surface area (Å²) in [5, 5.41) is 0. The van der Waals surface area contributed by atoms with Gasteiger partial charge in [-0.1, -0.05) is 6.07 Å². The summed E-state index contributed by atoms with van der Waals surface area (Å²) >= 11 is 4.89. The van der Waals surface area contributed by atoms with Gasteiger partial charge in [0.05, 0.1) is 10.6 Å². The van der Waals surface area contributed by atoms with Gasteiger partial charge in [0.1, 0.15) is 0 Å². The number of halogens is 1. The molecular formula is C8H5BrN2S. The molecule has 2 rings (SSSR count). The molecule has 0 aromatic carbocycles. The highest BCUT2D eigenvalue weighted by molar-refractivity contribution is 9.11. The van der Waals surface area contributed by atoms with Crippen LogP contribution in [0.15, 0.2) is 34.5 Å². The zero-order valence-corrected chi connectivity index (χ0v) is 8.47. The molecule has 60 valence electrons. The Hall–Kier alpha value is -0.740. The molecule has 4 heteroatoms. The van der Waals surface area contributed by atoms with E-state index in [4.69, 9.17) is 0 Å². The summed E-state index contributed by atoms with van der Waals surface area (Å²) < 4.78 is 0.892. The number of nitrogens with zero attached hydrogens (tertiary/aromatic N) is 2. The summed E-state index contributed by atoms with van der Waals surface area (Å²) in [6.45, 7) is 0. The van der Waals surface area contributed by atoms with Gasteiger partial charge in [0.15, 0.2) is 3.92 Å². The van der Waals surface area contributed by atoms with Crippen LogP contribution in [-0.4, -0.2) is 9.97 Å². The SMILES string of the molecule is Brc1ncc(-c2ccccn2)s1. The van der Waals surface area contributed by atoms with Crippen molar-refractivity contribution >= 4 is 27.3 Å². The van der Waals surface area contributed by atoms with Crippen molar-refractivity contribution in [2.45, 2.75) is 0 Å². The second-order valence-electron chi connectivity index (χ2n) is 2.19. The standard InChI is InChI=1S/C8H5BrN2S/c9-8-11-5-7(12-8)6-3-1-2-4-10-6/h1-5H. The summed E-state index contributed by atoms with van der Waals surface area (Å²) in [7, 11) is 0. The molecule has 0 N–H and O–H groups in total.